The molecule has 1 aliphatic heterocycles. The molecule has 0 aromatic carbocycles. The SMILES string of the molecule is O=C(CCc1nc(-c2ccsc2)no1)N(CCCN1CCOCC1)Cc1ccncc1. The van der Waals surface area contributed by atoms with Crippen LogP contribution in [0.3, 0.4) is 0 Å². The highest BCUT2D eigenvalue weighted by molar-refractivity contribution is 7.08. The smallest absolute Gasteiger partial charge is 0.227 e. The number of thiophene rings is 1. The Hall–Kier alpha value is -2.62. The molecule has 164 valence electrons. The van der Waals surface area contributed by atoms with E-state index >= 15 is 0 Å². The van der Waals surface area contributed by atoms with Crippen molar-refractivity contribution in [3.05, 3.63) is 52.8 Å². The van der Waals surface area contributed by atoms with Gasteiger partial charge in [0.15, 0.2) is 0 Å². The number of aromatic nitrogens is 3. The van der Waals surface area contributed by atoms with E-state index in [1.165, 1.54) is 0 Å². The van der Waals surface area contributed by atoms with Crippen molar-refractivity contribution in [2.75, 3.05) is 39.4 Å². The number of carbonyl (C=O) groups is 1. The first-order chi connectivity index (χ1) is 15.3. The van der Waals surface area contributed by atoms with Gasteiger partial charge in [0.1, 0.15) is 0 Å². The molecule has 1 fully saturated rings. The fourth-order valence-electron chi connectivity index (χ4n) is 3.55. The van der Waals surface area contributed by atoms with Crippen molar-refractivity contribution >= 4 is 17.2 Å². The highest BCUT2D eigenvalue weighted by Gasteiger charge is 2.18. The standard InChI is InChI=1S/C22H27N5O3S/c28-21(3-2-20-24-22(25-30-20)19-6-15-31-17-19)27(16-18-4-7-23-8-5-18)10-1-9-26-11-13-29-14-12-26/h4-8,15,17H,1-3,9-14,16H2. The zero-order valence-corrected chi connectivity index (χ0v) is 18.3. The Morgan fingerprint density at radius 2 is 2.03 bits per heavy atom. The molecule has 1 amide bonds. The summed E-state index contributed by atoms with van der Waals surface area (Å²) in [5.74, 6) is 1.16. The molecule has 8 nitrogen and oxygen atoms in total. The van der Waals surface area contributed by atoms with Crippen LogP contribution < -0.4 is 0 Å². The minimum atomic E-state index is 0.0917. The van der Waals surface area contributed by atoms with E-state index in [0.29, 0.717) is 37.6 Å². The summed E-state index contributed by atoms with van der Waals surface area (Å²) < 4.78 is 10.8. The predicted molar refractivity (Wildman–Crippen MR) is 117 cm³/mol. The average molecular weight is 442 g/mol. The molecule has 1 aliphatic rings. The van der Waals surface area contributed by atoms with Gasteiger partial charge in [-0.25, -0.2) is 0 Å². The topological polar surface area (TPSA) is 84.6 Å². The molecule has 0 unspecified atom stereocenters. The van der Waals surface area contributed by atoms with Crippen LogP contribution in [0.4, 0.5) is 0 Å². The minimum Gasteiger partial charge on any atom is -0.379 e. The van der Waals surface area contributed by atoms with Crippen molar-refractivity contribution in [1.82, 2.24) is 24.9 Å². The van der Waals surface area contributed by atoms with Gasteiger partial charge in [-0.05, 0) is 35.6 Å². The first-order valence-electron chi connectivity index (χ1n) is 10.6. The van der Waals surface area contributed by atoms with Crippen molar-refractivity contribution in [1.29, 1.82) is 0 Å². The van der Waals surface area contributed by atoms with Gasteiger partial charge in [0.25, 0.3) is 0 Å². The van der Waals surface area contributed by atoms with Crippen LogP contribution in [0.2, 0.25) is 0 Å². The zero-order valence-electron chi connectivity index (χ0n) is 17.5. The maximum Gasteiger partial charge on any atom is 0.227 e. The molecule has 0 saturated carbocycles. The fraction of sp³-hybridized carbons (Fsp3) is 0.455. The minimum absolute atomic E-state index is 0.0917. The Morgan fingerprint density at radius 3 is 2.81 bits per heavy atom. The Kier molecular flexibility index (Phi) is 7.76. The fourth-order valence-corrected chi connectivity index (χ4v) is 4.18. The number of aryl methyl sites for hydroxylation is 1. The van der Waals surface area contributed by atoms with E-state index in [4.69, 9.17) is 9.26 Å². The molecule has 0 radical (unpaired) electrons. The molecule has 4 heterocycles. The number of ether oxygens (including phenoxy) is 1. The van der Waals surface area contributed by atoms with E-state index in [-0.39, 0.29) is 5.91 Å². The molecule has 0 aliphatic carbocycles. The second-order valence-corrected chi connectivity index (χ2v) is 8.28. The average Bonchev–Trinajstić information content (AvgIpc) is 3.50. The molecule has 0 N–H and O–H groups in total. The van der Waals surface area contributed by atoms with Crippen molar-refractivity contribution in [2.45, 2.75) is 25.8 Å². The van der Waals surface area contributed by atoms with Gasteiger partial charge >= 0.3 is 0 Å². The molecule has 0 atom stereocenters. The summed E-state index contributed by atoms with van der Waals surface area (Å²) in [7, 11) is 0. The maximum atomic E-state index is 13.0. The quantitative estimate of drug-likeness (QED) is 0.478. The van der Waals surface area contributed by atoms with Crippen LogP contribution in [0.15, 0.2) is 45.9 Å². The van der Waals surface area contributed by atoms with Gasteiger partial charge < -0.3 is 14.2 Å². The molecule has 1 saturated heterocycles. The maximum absolute atomic E-state index is 13.0. The van der Waals surface area contributed by atoms with Crippen molar-refractivity contribution in [3.63, 3.8) is 0 Å². The van der Waals surface area contributed by atoms with E-state index in [9.17, 15) is 4.79 Å². The van der Waals surface area contributed by atoms with Crippen molar-refractivity contribution < 1.29 is 14.1 Å². The summed E-state index contributed by atoms with van der Waals surface area (Å²) >= 11 is 1.59. The van der Waals surface area contributed by atoms with Crippen LogP contribution in [0.25, 0.3) is 11.4 Å². The molecule has 0 spiro atoms. The Balaban J connectivity index is 1.32. The van der Waals surface area contributed by atoms with E-state index in [1.807, 2.05) is 33.9 Å². The lowest BCUT2D eigenvalue weighted by Crippen LogP contribution is -2.39. The summed E-state index contributed by atoms with van der Waals surface area (Å²) in [5.41, 5.74) is 2.01. The first kappa shape index (κ1) is 21.6. The van der Waals surface area contributed by atoms with E-state index < -0.39 is 0 Å². The monoisotopic (exact) mass is 441 g/mol. The summed E-state index contributed by atoms with van der Waals surface area (Å²) in [6.45, 7) is 5.76. The summed E-state index contributed by atoms with van der Waals surface area (Å²) in [6.07, 6.45) is 5.23. The zero-order chi connectivity index (χ0) is 21.3. The third kappa shape index (κ3) is 6.43. The molecule has 4 rings (SSSR count). The van der Waals surface area contributed by atoms with E-state index in [0.717, 1.165) is 50.4 Å². The second-order valence-electron chi connectivity index (χ2n) is 7.50. The van der Waals surface area contributed by atoms with Crippen LogP contribution >= 0.6 is 11.3 Å². The number of hydrogen-bond acceptors (Lipinski definition) is 8. The molecule has 3 aromatic heterocycles. The van der Waals surface area contributed by atoms with Gasteiger partial charge in [-0.3, -0.25) is 14.7 Å². The van der Waals surface area contributed by atoms with Gasteiger partial charge in [0.2, 0.25) is 17.6 Å². The summed E-state index contributed by atoms with van der Waals surface area (Å²) in [6, 6.07) is 5.86. The number of nitrogens with zero attached hydrogens (tertiary/aromatic N) is 5. The van der Waals surface area contributed by atoms with Crippen LogP contribution in [0, 0.1) is 0 Å². The molecule has 31 heavy (non-hydrogen) atoms. The Bertz CT molecular complexity index is 926. The van der Waals surface area contributed by atoms with Gasteiger partial charge in [-0.15, -0.1) is 0 Å². The van der Waals surface area contributed by atoms with Crippen molar-refractivity contribution in [2.24, 2.45) is 0 Å². The van der Waals surface area contributed by atoms with E-state index in [2.05, 4.69) is 20.0 Å². The lowest BCUT2D eigenvalue weighted by Gasteiger charge is -2.28. The van der Waals surface area contributed by atoms with Gasteiger partial charge in [-0.2, -0.15) is 16.3 Å². The van der Waals surface area contributed by atoms with Crippen LogP contribution in [-0.2, 0) is 22.5 Å². The molecular formula is C22H27N5O3S. The highest BCUT2D eigenvalue weighted by Crippen LogP contribution is 2.19. The van der Waals surface area contributed by atoms with Crippen LogP contribution in [0.1, 0.15) is 24.3 Å². The largest absolute Gasteiger partial charge is 0.379 e. The Labute approximate surface area is 185 Å². The number of amides is 1. The molecular weight excluding hydrogens is 414 g/mol. The third-order valence-corrected chi connectivity index (χ3v) is 5.97. The van der Waals surface area contributed by atoms with Crippen molar-refractivity contribution in [3.8, 4) is 11.4 Å². The number of morpholine rings is 1. The second kappa shape index (κ2) is 11.1. The number of rotatable bonds is 10. The molecule has 9 heteroatoms. The lowest BCUT2D eigenvalue weighted by molar-refractivity contribution is -0.132. The van der Waals surface area contributed by atoms with Gasteiger partial charge in [0.05, 0.1) is 13.2 Å². The lowest BCUT2D eigenvalue weighted by atomic mass is 10.2. The molecule has 3 aromatic rings. The summed E-state index contributed by atoms with van der Waals surface area (Å²) in [5, 5.41) is 7.98. The van der Waals surface area contributed by atoms with Crippen LogP contribution in [0.5, 0.6) is 0 Å². The molecule has 0 bridgehead atoms. The number of hydrogen-bond donors (Lipinski definition) is 0. The van der Waals surface area contributed by atoms with E-state index in [1.54, 1.807) is 23.7 Å². The Morgan fingerprint density at radius 1 is 1.19 bits per heavy atom. The highest BCUT2D eigenvalue weighted by atomic mass is 32.1. The predicted octanol–water partition coefficient (Wildman–Crippen LogP) is 2.88. The number of carbonyl (C=O) groups excluding carboxylic acids is 1. The van der Waals surface area contributed by atoms with Gasteiger partial charge in [0, 0.05) is 68.9 Å². The third-order valence-electron chi connectivity index (χ3n) is 5.28. The van der Waals surface area contributed by atoms with Crippen LogP contribution in [-0.4, -0.2) is 70.2 Å². The number of pyridine rings is 1. The van der Waals surface area contributed by atoms with Gasteiger partial charge in [-0.1, -0.05) is 5.16 Å². The normalized spacial score (nSPS) is 14.6. The first-order valence-corrected chi connectivity index (χ1v) is 11.5. The summed E-state index contributed by atoms with van der Waals surface area (Å²) in [4.78, 5) is 25.8.